The van der Waals surface area contributed by atoms with Gasteiger partial charge in [0.25, 0.3) is 0 Å². The largest absolute Gasteiger partial charge is 0.381 e. The zero-order valence-electron chi connectivity index (χ0n) is 8.85. The van der Waals surface area contributed by atoms with E-state index in [0.717, 1.165) is 42.6 Å². The van der Waals surface area contributed by atoms with Gasteiger partial charge in [0.1, 0.15) is 5.82 Å². The second kappa shape index (κ2) is 4.35. The van der Waals surface area contributed by atoms with Gasteiger partial charge in [-0.25, -0.2) is 4.98 Å². The van der Waals surface area contributed by atoms with Gasteiger partial charge in [0, 0.05) is 12.5 Å². The molecule has 3 heterocycles. The highest BCUT2D eigenvalue weighted by Crippen LogP contribution is 2.26. The number of aromatic amines is 1. The summed E-state index contributed by atoms with van der Waals surface area (Å²) in [6, 6.07) is 4.05. The van der Waals surface area contributed by atoms with Crippen molar-refractivity contribution in [2.45, 2.75) is 18.8 Å². The lowest BCUT2D eigenvalue weighted by atomic mass is 10.0. The smallest absolute Gasteiger partial charge is 0.191 e. The number of rotatable bonds is 2. The van der Waals surface area contributed by atoms with E-state index in [9.17, 15) is 0 Å². The minimum Gasteiger partial charge on any atom is -0.381 e. The van der Waals surface area contributed by atoms with E-state index in [4.69, 9.17) is 4.74 Å². The minimum absolute atomic E-state index is 0.384. The number of thiophene rings is 1. The van der Waals surface area contributed by atoms with Crippen LogP contribution in [0.15, 0.2) is 17.5 Å². The molecular weight excluding hydrogens is 222 g/mol. The van der Waals surface area contributed by atoms with Gasteiger partial charge in [0.05, 0.1) is 11.5 Å². The Morgan fingerprint density at radius 3 is 3.25 bits per heavy atom. The summed E-state index contributed by atoms with van der Waals surface area (Å²) in [5, 5.41) is 9.32. The maximum Gasteiger partial charge on any atom is 0.191 e. The van der Waals surface area contributed by atoms with Crippen LogP contribution in [0.1, 0.15) is 24.6 Å². The van der Waals surface area contributed by atoms with Crippen LogP contribution in [-0.4, -0.2) is 28.4 Å². The molecule has 1 aliphatic rings. The number of hydrogen-bond acceptors (Lipinski definition) is 4. The third-order valence-corrected chi connectivity index (χ3v) is 3.66. The first-order valence-electron chi connectivity index (χ1n) is 5.47. The Bertz CT molecular complexity index is 446. The Morgan fingerprint density at radius 2 is 2.50 bits per heavy atom. The van der Waals surface area contributed by atoms with E-state index in [1.807, 2.05) is 17.5 Å². The van der Waals surface area contributed by atoms with Crippen LogP contribution in [0, 0.1) is 0 Å². The summed E-state index contributed by atoms with van der Waals surface area (Å²) in [5.41, 5.74) is 0. The number of ether oxygens (including phenoxy) is 1. The quantitative estimate of drug-likeness (QED) is 0.869. The molecule has 4 nitrogen and oxygen atoms in total. The van der Waals surface area contributed by atoms with Crippen molar-refractivity contribution in [3.63, 3.8) is 0 Å². The molecule has 1 aliphatic heterocycles. The van der Waals surface area contributed by atoms with Gasteiger partial charge in [-0.05, 0) is 24.3 Å². The lowest BCUT2D eigenvalue weighted by molar-refractivity contribution is 0.0781. The normalized spacial score (nSPS) is 21.1. The Kier molecular flexibility index (Phi) is 2.71. The Labute approximate surface area is 97.7 Å². The van der Waals surface area contributed by atoms with E-state index in [1.54, 1.807) is 11.3 Å². The van der Waals surface area contributed by atoms with Crippen LogP contribution in [0.5, 0.6) is 0 Å². The van der Waals surface area contributed by atoms with E-state index in [1.165, 1.54) is 0 Å². The molecule has 1 saturated heterocycles. The van der Waals surface area contributed by atoms with E-state index >= 15 is 0 Å². The molecule has 5 heteroatoms. The molecule has 1 unspecified atom stereocenters. The molecule has 3 rings (SSSR count). The molecule has 1 fully saturated rings. The van der Waals surface area contributed by atoms with Gasteiger partial charge < -0.3 is 4.74 Å². The van der Waals surface area contributed by atoms with Crippen molar-refractivity contribution in [2.75, 3.05) is 13.2 Å². The summed E-state index contributed by atoms with van der Waals surface area (Å²) in [4.78, 5) is 5.65. The van der Waals surface area contributed by atoms with Gasteiger partial charge in [0.15, 0.2) is 5.82 Å². The lowest BCUT2D eigenvalue weighted by Gasteiger charge is -2.19. The molecule has 1 atom stereocenters. The van der Waals surface area contributed by atoms with Crippen LogP contribution < -0.4 is 0 Å². The van der Waals surface area contributed by atoms with E-state index in [0.29, 0.717) is 5.92 Å². The molecule has 0 aromatic carbocycles. The van der Waals surface area contributed by atoms with Gasteiger partial charge in [-0.2, -0.15) is 5.10 Å². The highest BCUT2D eigenvalue weighted by molar-refractivity contribution is 7.13. The van der Waals surface area contributed by atoms with Crippen LogP contribution in [-0.2, 0) is 4.74 Å². The average molecular weight is 235 g/mol. The third kappa shape index (κ3) is 1.88. The van der Waals surface area contributed by atoms with Crippen LogP contribution in [0.2, 0.25) is 0 Å². The fraction of sp³-hybridized carbons (Fsp3) is 0.455. The molecule has 0 amide bonds. The predicted molar refractivity (Wildman–Crippen MR) is 62.5 cm³/mol. The van der Waals surface area contributed by atoms with Crippen molar-refractivity contribution in [3.05, 3.63) is 23.3 Å². The number of nitrogens with zero attached hydrogens (tertiary/aromatic N) is 2. The number of H-pyrrole nitrogens is 1. The minimum atomic E-state index is 0.384. The van der Waals surface area contributed by atoms with E-state index in [2.05, 4.69) is 15.2 Å². The maximum absolute atomic E-state index is 5.45. The van der Waals surface area contributed by atoms with Gasteiger partial charge in [-0.1, -0.05) is 6.07 Å². The summed E-state index contributed by atoms with van der Waals surface area (Å²) < 4.78 is 5.45. The van der Waals surface area contributed by atoms with Crippen LogP contribution in [0.3, 0.4) is 0 Å². The van der Waals surface area contributed by atoms with E-state index < -0.39 is 0 Å². The van der Waals surface area contributed by atoms with Gasteiger partial charge >= 0.3 is 0 Å². The summed E-state index contributed by atoms with van der Waals surface area (Å²) in [6.45, 7) is 1.64. The first kappa shape index (κ1) is 9.99. The summed E-state index contributed by atoms with van der Waals surface area (Å²) >= 11 is 1.66. The first-order chi connectivity index (χ1) is 7.93. The van der Waals surface area contributed by atoms with Crippen LogP contribution in [0.25, 0.3) is 10.7 Å². The third-order valence-electron chi connectivity index (χ3n) is 2.79. The molecule has 84 valence electrons. The van der Waals surface area contributed by atoms with Gasteiger partial charge in [-0.3, -0.25) is 5.10 Å². The molecule has 16 heavy (non-hydrogen) atoms. The monoisotopic (exact) mass is 235 g/mol. The molecule has 0 aliphatic carbocycles. The van der Waals surface area contributed by atoms with Gasteiger partial charge in [-0.15, -0.1) is 11.3 Å². The summed E-state index contributed by atoms with van der Waals surface area (Å²) in [6.07, 6.45) is 2.25. The number of nitrogens with one attached hydrogen (secondary N) is 1. The highest BCUT2D eigenvalue weighted by Gasteiger charge is 2.20. The van der Waals surface area contributed by atoms with Crippen molar-refractivity contribution in [3.8, 4) is 10.7 Å². The van der Waals surface area contributed by atoms with Crippen molar-refractivity contribution in [1.29, 1.82) is 0 Å². The van der Waals surface area contributed by atoms with Crippen LogP contribution in [0.4, 0.5) is 0 Å². The van der Waals surface area contributed by atoms with Crippen molar-refractivity contribution in [1.82, 2.24) is 15.2 Å². The first-order valence-corrected chi connectivity index (χ1v) is 6.35. The molecule has 2 aromatic heterocycles. The van der Waals surface area contributed by atoms with Crippen LogP contribution >= 0.6 is 11.3 Å². The fourth-order valence-corrected chi connectivity index (χ4v) is 2.59. The number of hydrogen-bond donors (Lipinski definition) is 1. The Balaban J connectivity index is 1.82. The summed E-state index contributed by atoms with van der Waals surface area (Å²) in [7, 11) is 0. The van der Waals surface area contributed by atoms with Crippen molar-refractivity contribution in [2.24, 2.45) is 0 Å². The highest BCUT2D eigenvalue weighted by atomic mass is 32.1. The standard InChI is InChI=1S/C11H13N3OS/c1-3-8(7-15-5-1)10-12-11(14-13-10)9-4-2-6-16-9/h2,4,6,8H,1,3,5,7H2,(H,12,13,14). The van der Waals surface area contributed by atoms with Crippen molar-refractivity contribution >= 4 is 11.3 Å². The molecule has 0 bridgehead atoms. The average Bonchev–Trinajstić information content (AvgIpc) is 3.01. The topological polar surface area (TPSA) is 50.8 Å². The van der Waals surface area contributed by atoms with Crippen molar-refractivity contribution < 1.29 is 4.74 Å². The zero-order chi connectivity index (χ0) is 10.8. The second-order valence-corrected chi connectivity index (χ2v) is 4.88. The maximum atomic E-state index is 5.45. The van der Waals surface area contributed by atoms with E-state index in [-0.39, 0.29) is 0 Å². The molecular formula is C11H13N3OS. The molecule has 0 spiro atoms. The molecule has 0 saturated carbocycles. The van der Waals surface area contributed by atoms with Gasteiger partial charge in [0.2, 0.25) is 0 Å². The Hall–Kier alpha value is -1.20. The fourth-order valence-electron chi connectivity index (χ4n) is 1.93. The molecule has 0 radical (unpaired) electrons. The lowest BCUT2D eigenvalue weighted by Crippen LogP contribution is -2.16. The molecule has 2 aromatic rings. The predicted octanol–water partition coefficient (Wildman–Crippen LogP) is 2.43. The SMILES string of the molecule is c1csc(-c2n[nH]c(C3CCCOC3)n2)c1. The number of aromatic nitrogens is 3. The second-order valence-electron chi connectivity index (χ2n) is 3.94. The molecule has 1 N–H and O–H groups in total. The zero-order valence-corrected chi connectivity index (χ0v) is 9.67. The summed E-state index contributed by atoms with van der Waals surface area (Å²) in [5.74, 6) is 2.15. The Morgan fingerprint density at radius 1 is 1.50 bits per heavy atom.